The van der Waals surface area contributed by atoms with Gasteiger partial charge >= 0.3 is 0 Å². The summed E-state index contributed by atoms with van der Waals surface area (Å²) in [6, 6.07) is 17.1. The summed E-state index contributed by atoms with van der Waals surface area (Å²) in [7, 11) is 0. The number of aryl methyl sites for hydroxylation is 2. The van der Waals surface area contributed by atoms with Crippen molar-refractivity contribution in [3.63, 3.8) is 0 Å². The minimum absolute atomic E-state index is 0.301. The lowest BCUT2D eigenvalue weighted by Gasteiger charge is -2.36. The Balaban J connectivity index is 1.51. The third kappa shape index (κ3) is 3.07. The summed E-state index contributed by atoms with van der Waals surface area (Å²) in [5, 5.41) is 14.6. The second-order valence-corrected chi connectivity index (χ2v) is 7.59. The minimum Gasteiger partial charge on any atom is -0.368 e. The van der Waals surface area contributed by atoms with Crippen LogP contribution in [0.2, 0.25) is 0 Å². The molecule has 0 spiro atoms. The average molecular weight is 402 g/mol. The van der Waals surface area contributed by atoms with Crippen molar-refractivity contribution in [2.75, 3.05) is 36.0 Å². The molecule has 0 unspecified atom stereocenters. The van der Waals surface area contributed by atoms with Crippen molar-refractivity contribution in [1.29, 1.82) is 0 Å². The van der Waals surface area contributed by atoms with Crippen LogP contribution in [0.5, 0.6) is 0 Å². The zero-order chi connectivity index (χ0) is 20.7. The van der Waals surface area contributed by atoms with Gasteiger partial charge in [-0.1, -0.05) is 30.3 Å². The monoisotopic (exact) mass is 402 g/mol. The number of rotatable bonds is 3. The molecule has 1 aliphatic heterocycles. The summed E-state index contributed by atoms with van der Waals surface area (Å²) in [6.07, 6.45) is 0. The van der Waals surface area contributed by atoms with Gasteiger partial charge in [0.1, 0.15) is 17.0 Å². The molecule has 0 radical (unpaired) electrons. The van der Waals surface area contributed by atoms with Gasteiger partial charge in [-0.25, -0.2) is 9.07 Å². The van der Waals surface area contributed by atoms with Gasteiger partial charge in [-0.2, -0.15) is 10.2 Å². The predicted molar refractivity (Wildman–Crippen MR) is 117 cm³/mol. The van der Waals surface area contributed by atoms with Gasteiger partial charge in [0.2, 0.25) is 0 Å². The molecule has 0 N–H and O–H groups in total. The molecule has 0 bridgehead atoms. The van der Waals surface area contributed by atoms with E-state index in [9.17, 15) is 4.39 Å². The van der Waals surface area contributed by atoms with E-state index < -0.39 is 0 Å². The summed E-state index contributed by atoms with van der Waals surface area (Å²) < 4.78 is 16.1. The van der Waals surface area contributed by atoms with Crippen LogP contribution in [0.4, 0.5) is 15.9 Å². The molecule has 1 saturated heterocycles. The molecule has 0 aliphatic carbocycles. The number of hydrogen-bond acceptors (Lipinski definition) is 5. The van der Waals surface area contributed by atoms with Crippen LogP contribution < -0.4 is 9.80 Å². The van der Waals surface area contributed by atoms with E-state index in [1.807, 2.05) is 26.0 Å². The van der Waals surface area contributed by atoms with Crippen molar-refractivity contribution < 1.29 is 4.39 Å². The number of piperazine rings is 1. The normalized spacial score (nSPS) is 14.5. The second-order valence-electron chi connectivity index (χ2n) is 7.59. The fraction of sp³-hybridized carbons (Fsp3) is 0.261. The van der Waals surface area contributed by atoms with Gasteiger partial charge in [0.15, 0.2) is 5.82 Å². The van der Waals surface area contributed by atoms with Crippen LogP contribution in [0.1, 0.15) is 11.4 Å². The van der Waals surface area contributed by atoms with E-state index in [2.05, 4.69) is 44.3 Å². The zero-order valence-electron chi connectivity index (χ0n) is 17.1. The van der Waals surface area contributed by atoms with Crippen molar-refractivity contribution in [2.45, 2.75) is 13.8 Å². The van der Waals surface area contributed by atoms with Crippen molar-refractivity contribution >= 4 is 22.4 Å². The average Bonchev–Trinajstić information content (AvgIpc) is 3.13. The molecule has 1 fully saturated rings. The van der Waals surface area contributed by atoms with Crippen molar-refractivity contribution in [3.8, 4) is 5.69 Å². The molecule has 0 atom stereocenters. The summed E-state index contributed by atoms with van der Waals surface area (Å²) in [5.74, 6) is 0.464. The third-order valence-electron chi connectivity index (χ3n) is 5.77. The van der Waals surface area contributed by atoms with Crippen molar-refractivity contribution in [1.82, 2.24) is 20.0 Å². The predicted octanol–water partition coefficient (Wildman–Crippen LogP) is 3.90. The molecule has 152 valence electrons. The molecule has 6 nitrogen and oxygen atoms in total. The third-order valence-corrected chi connectivity index (χ3v) is 5.77. The zero-order valence-corrected chi connectivity index (χ0v) is 17.1. The standard InChI is InChI=1S/C23H23FN6/c1-16-21-17(2)30(20-11-7-6-10-19(20)24)27-22(21)23(26-25-16)29-14-12-28(13-15-29)18-8-4-3-5-9-18/h3-11H,12-15H2,1-2H3. The number of aromatic nitrogens is 4. The Morgan fingerprint density at radius 3 is 2.20 bits per heavy atom. The largest absolute Gasteiger partial charge is 0.368 e. The molecule has 4 aromatic rings. The van der Waals surface area contributed by atoms with E-state index >= 15 is 0 Å². The van der Waals surface area contributed by atoms with E-state index in [0.29, 0.717) is 5.69 Å². The van der Waals surface area contributed by atoms with Crippen LogP contribution in [0.3, 0.4) is 0 Å². The van der Waals surface area contributed by atoms with Gasteiger partial charge in [-0.3, -0.25) is 0 Å². The highest BCUT2D eigenvalue weighted by atomic mass is 19.1. The Morgan fingerprint density at radius 2 is 1.47 bits per heavy atom. The lowest BCUT2D eigenvalue weighted by molar-refractivity contribution is 0.609. The lowest BCUT2D eigenvalue weighted by Crippen LogP contribution is -2.47. The van der Waals surface area contributed by atoms with Crippen LogP contribution in [0.15, 0.2) is 54.6 Å². The topological polar surface area (TPSA) is 50.1 Å². The molecule has 2 aromatic carbocycles. The molecule has 3 heterocycles. The van der Waals surface area contributed by atoms with Gasteiger partial charge in [0, 0.05) is 31.9 Å². The fourth-order valence-corrected chi connectivity index (χ4v) is 4.20. The number of nitrogens with zero attached hydrogens (tertiary/aromatic N) is 6. The number of fused-ring (bicyclic) bond motifs is 1. The quantitative estimate of drug-likeness (QED) is 0.520. The maximum Gasteiger partial charge on any atom is 0.179 e. The van der Waals surface area contributed by atoms with E-state index in [0.717, 1.165) is 54.3 Å². The fourth-order valence-electron chi connectivity index (χ4n) is 4.20. The summed E-state index contributed by atoms with van der Waals surface area (Å²) in [5.41, 5.74) is 4.11. The first-order valence-electron chi connectivity index (χ1n) is 10.2. The van der Waals surface area contributed by atoms with Gasteiger partial charge in [0.05, 0.1) is 16.8 Å². The van der Waals surface area contributed by atoms with Crippen LogP contribution in [-0.2, 0) is 0 Å². The summed E-state index contributed by atoms with van der Waals surface area (Å²) in [6.45, 7) is 7.32. The second kappa shape index (κ2) is 7.40. The SMILES string of the molecule is Cc1nnc(N2CCN(c3ccccc3)CC2)c2nn(-c3ccccc3F)c(C)c12. The molecule has 30 heavy (non-hydrogen) atoms. The Kier molecular flexibility index (Phi) is 4.58. The molecule has 0 amide bonds. The number of anilines is 2. The number of benzene rings is 2. The van der Waals surface area contributed by atoms with Crippen LogP contribution in [0.25, 0.3) is 16.6 Å². The Hall–Kier alpha value is -3.48. The smallest absolute Gasteiger partial charge is 0.179 e. The molecular formula is C23H23FN6. The molecule has 0 saturated carbocycles. The maximum atomic E-state index is 14.4. The lowest BCUT2D eigenvalue weighted by atomic mass is 10.2. The Labute approximate surface area is 174 Å². The Bertz CT molecular complexity index is 1200. The molecule has 2 aromatic heterocycles. The highest BCUT2D eigenvalue weighted by molar-refractivity contribution is 5.92. The first kappa shape index (κ1) is 18.5. The van der Waals surface area contributed by atoms with Gasteiger partial charge in [0.25, 0.3) is 0 Å². The first-order chi connectivity index (χ1) is 14.6. The van der Waals surface area contributed by atoms with E-state index in [1.54, 1.807) is 16.8 Å². The minimum atomic E-state index is -0.301. The maximum absolute atomic E-state index is 14.4. The highest BCUT2D eigenvalue weighted by Gasteiger charge is 2.24. The van der Waals surface area contributed by atoms with Gasteiger partial charge in [-0.05, 0) is 38.1 Å². The first-order valence-corrected chi connectivity index (χ1v) is 10.2. The number of para-hydroxylation sites is 2. The molecule has 5 rings (SSSR count). The van der Waals surface area contributed by atoms with E-state index in [4.69, 9.17) is 5.10 Å². The summed E-state index contributed by atoms with van der Waals surface area (Å²) >= 11 is 0. The Morgan fingerprint density at radius 1 is 0.800 bits per heavy atom. The van der Waals surface area contributed by atoms with Crippen molar-refractivity contribution in [3.05, 3.63) is 71.8 Å². The van der Waals surface area contributed by atoms with Crippen LogP contribution in [-0.4, -0.2) is 46.2 Å². The van der Waals surface area contributed by atoms with E-state index in [1.165, 1.54) is 11.8 Å². The number of hydrogen-bond donors (Lipinski definition) is 0. The molecule has 1 aliphatic rings. The van der Waals surface area contributed by atoms with Crippen LogP contribution >= 0.6 is 0 Å². The highest BCUT2D eigenvalue weighted by Crippen LogP contribution is 2.30. The van der Waals surface area contributed by atoms with E-state index in [-0.39, 0.29) is 5.82 Å². The number of halogens is 1. The van der Waals surface area contributed by atoms with Crippen LogP contribution in [0, 0.1) is 19.7 Å². The van der Waals surface area contributed by atoms with Crippen molar-refractivity contribution in [2.24, 2.45) is 0 Å². The molecular weight excluding hydrogens is 379 g/mol. The van der Waals surface area contributed by atoms with Gasteiger partial charge in [-0.15, -0.1) is 5.10 Å². The molecule has 7 heteroatoms. The summed E-state index contributed by atoms with van der Waals surface area (Å²) in [4.78, 5) is 4.60. The van der Waals surface area contributed by atoms with Gasteiger partial charge < -0.3 is 9.80 Å².